The Kier molecular flexibility index (Phi) is 5.68. The van der Waals surface area contributed by atoms with Gasteiger partial charge >= 0.3 is 5.97 Å². The summed E-state index contributed by atoms with van der Waals surface area (Å²) in [4.78, 5) is 25.4. The summed E-state index contributed by atoms with van der Waals surface area (Å²) in [6, 6.07) is 15.3. The number of benzene rings is 2. The number of para-hydroxylation sites is 1. The van der Waals surface area contributed by atoms with E-state index in [1.807, 2.05) is 38.2 Å². The average Bonchev–Trinajstić information content (AvgIpc) is 3.01. The van der Waals surface area contributed by atoms with Gasteiger partial charge in [-0.3, -0.25) is 4.79 Å². The summed E-state index contributed by atoms with van der Waals surface area (Å²) in [7, 11) is 3.31. The number of rotatable bonds is 6. The first-order valence-electron chi connectivity index (χ1n) is 8.17. The first-order valence-corrected chi connectivity index (χ1v) is 9.16. The smallest absolute Gasteiger partial charge is 0.376 e. The maximum absolute atomic E-state index is 12.3. The number of esters is 1. The second-order valence-corrected chi connectivity index (χ2v) is 6.92. The number of carbonyl (C=O) groups is 2. The van der Waals surface area contributed by atoms with Crippen LogP contribution in [0.1, 0.15) is 17.0 Å². The molecule has 0 radical (unpaired) electrons. The van der Waals surface area contributed by atoms with Gasteiger partial charge in [-0.15, -0.1) is 11.8 Å². The number of hydrogen-bond donors (Lipinski definition) is 1. The number of carbonyl (C=O) groups excluding carboxylic acids is 2. The van der Waals surface area contributed by atoms with E-state index in [-0.39, 0.29) is 11.7 Å². The van der Waals surface area contributed by atoms with E-state index in [0.717, 1.165) is 4.90 Å². The van der Waals surface area contributed by atoms with Crippen molar-refractivity contribution < 1.29 is 18.7 Å². The Morgan fingerprint density at radius 1 is 1.15 bits per heavy atom. The third kappa shape index (κ3) is 4.11. The molecule has 132 valence electrons. The van der Waals surface area contributed by atoms with Crippen molar-refractivity contribution in [1.82, 2.24) is 0 Å². The molecule has 0 spiro atoms. The fraction of sp³-hybridized carbons (Fsp3) is 0.158. The first-order chi connectivity index (χ1) is 12.6. The number of furan rings is 1. The van der Waals surface area contributed by atoms with Crippen molar-refractivity contribution in [1.29, 1.82) is 0 Å². The van der Waals surface area contributed by atoms with Crippen LogP contribution in [0.25, 0.3) is 11.0 Å². The predicted octanol–water partition coefficient (Wildman–Crippen LogP) is 2.60. The Hall–Kier alpha value is -2.67. The summed E-state index contributed by atoms with van der Waals surface area (Å²) < 4.78 is 10.3. The van der Waals surface area contributed by atoms with Crippen LogP contribution in [-0.2, 0) is 9.53 Å². The molecule has 1 amide bonds. The highest BCUT2D eigenvalue weighted by Crippen LogP contribution is 2.31. The molecule has 26 heavy (non-hydrogen) atoms. The van der Waals surface area contributed by atoms with Crippen molar-refractivity contribution in [3.63, 3.8) is 0 Å². The fourth-order valence-electron chi connectivity index (χ4n) is 2.50. The highest BCUT2D eigenvalue weighted by molar-refractivity contribution is 7.99. The molecular formula is C19H18BNO4S. The first kappa shape index (κ1) is 18.1. The molecule has 0 saturated carbocycles. The van der Waals surface area contributed by atoms with E-state index in [1.165, 1.54) is 12.6 Å². The zero-order valence-electron chi connectivity index (χ0n) is 14.6. The number of nitrogens with one attached hydrogen (secondary N) is 1. The molecule has 1 heterocycles. The Balaban J connectivity index is 1.68. The van der Waals surface area contributed by atoms with E-state index in [0.29, 0.717) is 28.8 Å². The van der Waals surface area contributed by atoms with Crippen molar-refractivity contribution in [2.45, 2.75) is 11.3 Å². The van der Waals surface area contributed by atoms with Crippen LogP contribution in [0.5, 0.6) is 0 Å². The van der Waals surface area contributed by atoms with Crippen LogP contribution >= 0.6 is 11.8 Å². The minimum absolute atomic E-state index is 0.00763. The van der Waals surface area contributed by atoms with Crippen LogP contribution in [0, 0.1) is 0 Å². The van der Waals surface area contributed by atoms with E-state index in [9.17, 15) is 9.59 Å². The molecule has 0 aliphatic rings. The summed E-state index contributed by atoms with van der Waals surface area (Å²) in [5.74, 6) is -0.154. The van der Waals surface area contributed by atoms with Crippen molar-refractivity contribution >= 4 is 53.6 Å². The van der Waals surface area contributed by atoms with E-state index >= 15 is 0 Å². The fourth-order valence-corrected chi connectivity index (χ4v) is 3.36. The molecule has 1 N–H and O–H groups in total. The predicted molar refractivity (Wildman–Crippen MR) is 106 cm³/mol. The minimum Gasteiger partial charge on any atom is -0.463 e. The molecule has 0 unspecified atom stereocenters. The lowest BCUT2D eigenvalue weighted by molar-refractivity contribution is -0.115. The number of fused-ring (bicyclic) bond motifs is 1. The van der Waals surface area contributed by atoms with Crippen molar-refractivity contribution in [2.75, 3.05) is 18.2 Å². The molecule has 0 aliphatic carbocycles. The number of thioether (sulfide) groups is 1. The Morgan fingerprint density at radius 2 is 1.88 bits per heavy atom. The van der Waals surface area contributed by atoms with E-state index in [1.54, 1.807) is 30.0 Å². The summed E-state index contributed by atoms with van der Waals surface area (Å²) in [5, 5.41) is 3.47. The number of hydrogen-bond acceptors (Lipinski definition) is 5. The van der Waals surface area contributed by atoms with Crippen LogP contribution in [-0.4, -0.2) is 32.6 Å². The largest absolute Gasteiger partial charge is 0.463 e. The highest BCUT2D eigenvalue weighted by Gasteiger charge is 2.22. The van der Waals surface area contributed by atoms with Gasteiger partial charge in [-0.2, -0.15) is 0 Å². The van der Waals surface area contributed by atoms with Gasteiger partial charge in [0, 0.05) is 22.5 Å². The molecule has 2 aromatic carbocycles. The van der Waals surface area contributed by atoms with Gasteiger partial charge in [-0.05, 0) is 24.3 Å². The Morgan fingerprint density at radius 3 is 2.62 bits per heavy atom. The normalized spacial score (nSPS) is 10.7. The zero-order valence-corrected chi connectivity index (χ0v) is 15.4. The molecule has 3 rings (SSSR count). The van der Waals surface area contributed by atoms with Crippen LogP contribution < -0.4 is 10.8 Å². The molecule has 0 saturated heterocycles. The molecule has 1 aromatic heterocycles. The SMILES string of the molecule is Bc1ccc(SCCC(=O)Nc2c(C(=O)OC)oc3ccccc23)cc1. The van der Waals surface area contributed by atoms with Crippen LogP contribution in [0.15, 0.2) is 57.8 Å². The lowest BCUT2D eigenvalue weighted by atomic mass is 9.97. The zero-order chi connectivity index (χ0) is 18.5. The second kappa shape index (κ2) is 8.14. The number of methoxy groups -OCH3 is 1. The minimum atomic E-state index is -0.620. The van der Waals surface area contributed by atoms with Crippen molar-refractivity contribution in [2.24, 2.45) is 0 Å². The van der Waals surface area contributed by atoms with Gasteiger partial charge in [0.15, 0.2) is 0 Å². The number of amides is 1. The average molecular weight is 367 g/mol. The summed E-state index contributed by atoms with van der Waals surface area (Å²) in [6.07, 6.45) is 0.318. The van der Waals surface area contributed by atoms with Gasteiger partial charge in [0.1, 0.15) is 19.1 Å². The maximum atomic E-state index is 12.3. The monoisotopic (exact) mass is 367 g/mol. The molecule has 0 bridgehead atoms. The third-order valence-electron chi connectivity index (χ3n) is 3.85. The van der Waals surface area contributed by atoms with Gasteiger partial charge in [-0.25, -0.2) is 4.79 Å². The Labute approximate surface area is 156 Å². The Bertz CT molecular complexity index is 936. The summed E-state index contributed by atoms with van der Waals surface area (Å²) in [5.41, 5.74) is 2.09. The third-order valence-corrected chi connectivity index (χ3v) is 4.86. The van der Waals surface area contributed by atoms with E-state index in [4.69, 9.17) is 9.15 Å². The lowest BCUT2D eigenvalue weighted by Crippen LogP contribution is -2.14. The van der Waals surface area contributed by atoms with Crippen LogP contribution in [0.3, 0.4) is 0 Å². The van der Waals surface area contributed by atoms with Gasteiger partial charge in [0.25, 0.3) is 0 Å². The lowest BCUT2D eigenvalue weighted by Gasteiger charge is -2.06. The second-order valence-electron chi connectivity index (χ2n) is 5.75. The van der Waals surface area contributed by atoms with Gasteiger partial charge in [0.2, 0.25) is 11.7 Å². The molecule has 0 atom stereocenters. The number of anilines is 1. The quantitative estimate of drug-likeness (QED) is 0.412. The van der Waals surface area contributed by atoms with Gasteiger partial charge in [0.05, 0.1) is 7.11 Å². The van der Waals surface area contributed by atoms with Crippen LogP contribution in [0.2, 0.25) is 0 Å². The van der Waals surface area contributed by atoms with Gasteiger partial charge in [-0.1, -0.05) is 29.7 Å². The molecule has 5 nitrogen and oxygen atoms in total. The highest BCUT2D eigenvalue weighted by atomic mass is 32.2. The molecule has 0 fully saturated rings. The van der Waals surface area contributed by atoms with Crippen LogP contribution in [0.4, 0.5) is 5.69 Å². The van der Waals surface area contributed by atoms with E-state index in [2.05, 4.69) is 5.32 Å². The summed E-state index contributed by atoms with van der Waals surface area (Å²) in [6.45, 7) is 0. The van der Waals surface area contributed by atoms with E-state index < -0.39 is 5.97 Å². The topological polar surface area (TPSA) is 68.5 Å². The molecular weight excluding hydrogens is 349 g/mol. The molecule has 3 aromatic rings. The molecule has 7 heteroatoms. The standard InChI is InChI=1S/C19H18BNO4S/c1-24-19(23)18-17(14-4-2-3-5-15(14)25-18)21-16(22)10-11-26-13-8-6-12(20)7-9-13/h2-9H,10-11,20H2,1H3,(H,21,22). The van der Waals surface area contributed by atoms with Crippen molar-refractivity contribution in [3.05, 3.63) is 54.3 Å². The summed E-state index contributed by atoms with van der Waals surface area (Å²) >= 11 is 1.61. The molecule has 0 aliphatic heterocycles. The number of ether oxygens (including phenoxy) is 1. The maximum Gasteiger partial charge on any atom is 0.376 e. The van der Waals surface area contributed by atoms with Gasteiger partial charge < -0.3 is 14.5 Å². The van der Waals surface area contributed by atoms with Crippen molar-refractivity contribution in [3.8, 4) is 0 Å².